The predicted octanol–water partition coefficient (Wildman–Crippen LogP) is 4.65. The van der Waals surface area contributed by atoms with Crippen LogP contribution in [0.5, 0.6) is 0 Å². The lowest BCUT2D eigenvalue weighted by atomic mass is 10.2. The molecule has 0 radical (unpaired) electrons. The van der Waals surface area contributed by atoms with Crippen LogP contribution in [0, 0.1) is 6.92 Å². The minimum Gasteiger partial charge on any atom is -0.321 e. The molecule has 0 spiro atoms. The van der Waals surface area contributed by atoms with Crippen molar-refractivity contribution in [3.05, 3.63) is 69.9 Å². The molecule has 0 saturated heterocycles. The Morgan fingerprint density at radius 3 is 2.80 bits per heavy atom. The second-order valence-corrected chi connectivity index (χ2v) is 6.94. The van der Waals surface area contributed by atoms with Gasteiger partial charge in [0, 0.05) is 16.8 Å². The molecule has 25 heavy (non-hydrogen) atoms. The Morgan fingerprint density at radius 1 is 1.12 bits per heavy atom. The topological polar surface area (TPSA) is 56.0 Å². The molecule has 4 aromatic rings. The zero-order chi connectivity index (χ0) is 17.2. The van der Waals surface area contributed by atoms with Crippen LogP contribution in [0.25, 0.3) is 11.0 Å². The predicted molar refractivity (Wildman–Crippen MR) is 102 cm³/mol. The number of para-hydroxylation sites is 2. The Hall–Kier alpha value is -2.57. The van der Waals surface area contributed by atoms with Crippen molar-refractivity contribution in [1.82, 2.24) is 19.7 Å². The van der Waals surface area contributed by atoms with Gasteiger partial charge in [-0.1, -0.05) is 53.3 Å². The quantitative estimate of drug-likeness (QED) is 0.493. The van der Waals surface area contributed by atoms with Crippen LogP contribution in [-0.4, -0.2) is 26.0 Å². The molecule has 0 aliphatic rings. The summed E-state index contributed by atoms with van der Waals surface area (Å²) < 4.78 is 2.14. The maximum Gasteiger partial charge on any atom is 0.231 e. The lowest BCUT2D eigenvalue weighted by Gasteiger charge is -2.02. The first kappa shape index (κ1) is 15.9. The van der Waals surface area contributed by atoms with E-state index in [2.05, 4.69) is 30.8 Å². The first-order valence-electron chi connectivity index (χ1n) is 7.73. The highest BCUT2D eigenvalue weighted by Gasteiger charge is 2.10. The molecule has 2 aromatic carbocycles. The fraction of sp³-hybridized carbons (Fsp3) is 0.111. The molecule has 0 aliphatic carbocycles. The molecule has 0 atom stereocenters. The highest BCUT2D eigenvalue weighted by Crippen LogP contribution is 2.23. The number of aliphatic imine (C=N–C) groups is 1. The van der Waals surface area contributed by atoms with Gasteiger partial charge in [-0.15, -0.1) is 10.2 Å². The van der Waals surface area contributed by atoms with Crippen LogP contribution in [0.2, 0.25) is 5.02 Å². The molecule has 0 saturated carbocycles. The molecule has 2 heterocycles. The number of hydrogen-bond donors (Lipinski definition) is 0. The average molecular weight is 368 g/mol. The highest BCUT2D eigenvalue weighted by atomic mass is 35.5. The van der Waals surface area contributed by atoms with Crippen molar-refractivity contribution in [3.8, 4) is 0 Å². The lowest BCUT2D eigenvalue weighted by Crippen LogP contribution is -2.01. The van der Waals surface area contributed by atoms with Gasteiger partial charge in [0.1, 0.15) is 10.8 Å². The van der Waals surface area contributed by atoms with E-state index in [0.717, 1.165) is 27.4 Å². The lowest BCUT2D eigenvalue weighted by molar-refractivity contribution is 0.768. The third kappa shape index (κ3) is 3.31. The number of imidazole rings is 1. The van der Waals surface area contributed by atoms with Gasteiger partial charge in [-0.2, -0.15) is 0 Å². The van der Waals surface area contributed by atoms with Gasteiger partial charge in [0.25, 0.3) is 0 Å². The van der Waals surface area contributed by atoms with Gasteiger partial charge in [0.15, 0.2) is 0 Å². The van der Waals surface area contributed by atoms with Gasteiger partial charge in [-0.25, -0.2) is 9.98 Å². The molecule has 0 bridgehead atoms. The third-order valence-corrected chi connectivity index (χ3v) is 4.97. The van der Waals surface area contributed by atoms with E-state index in [1.807, 2.05) is 49.4 Å². The van der Waals surface area contributed by atoms with Crippen molar-refractivity contribution in [3.63, 3.8) is 0 Å². The monoisotopic (exact) mass is 367 g/mol. The van der Waals surface area contributed by atoms with E-state index >= 15 is 0 Å². The Labute approximate surface area is 153 Å². The molecule has 124 valence electrons. The van der Waals surface area contributed by atoms with Crippen LogP contribution in [0.15, 0.2) is 53.5 Å². The normalized spacial score (nSPS) is 11.6. The van der Waals surface area contributed by atoms with Crippen molar-refractivity contribution < 1.29 is 0 Å². The SMILES string of the molecule is Cc1nc2ccccc2n1Cc1nnc(/N=C/c2ccccc2Cl)s1. The summed E-state index contributed by atoms with van der Waals surface area (Å²) in [4.78, 5) is 8.96. The Bertz CT molecular complexity index is 1070. The summed E-state index contributed by atoms with van der Waals surface area (Å²) in [7, 11) is 0. The number of fused-ring (bicyclic) bond motifs is 1. The zero-order valence-corrected chi connectivity index (χ0v) is 15.0. The van der Waals surface area contributed by atoms with Crippen LogP contribution >= 0.6 is 22.9 Å². The van der Waals surface area contributed by atoms with Gasteiger partial charge < -0.3 is 4.57 Å². The summed E-state index contributed by atoms with van der Waals surface area (Å²) in [5.74, 6) is 0.956. The van der Waals surface area contributed by atoms with Gasteiger partial charge in [0.2, 0.25) is 5.13 Å². The van der Waals surface area contributed by atoms with Crippen LogP contribution in [0.3, 0.4) is 0 Å². The van der Waals surface area contributed by atoms with Crippen molar-refractivity contribution in [2.75, 3.05) is 0 Å². The van der Waals surface area contributed by atoms with E-state index in [4.69, 9.17) is 11.6 Å². The second kappa shape index (κ2) is 6.74. The molecule has 2 aromatic heterocycles. The molecule has 4 rings (SSSR count). The molecule has 0 N–H and O–H groups in total. The molecule has 5 nitrogen and oxygen atoms in total. The van der Waals surface area contributed by atoms with Crippen LogP contribution in [0.4, 0.5) is 5.13 Å². The van der Waals surface area contributed by atoms with E-state index in [1.54, 1.807) is 6.21 Å². The van der Waals surface area contributed by atoms with Crippen LogP contribution in [0.1, 0.15) is 16.4 Å². The number of rotatable bonds is 4. The van der Waals surface area contributed by atoms with Crippen LogP contribution in [-0.2, 0) is 6.54 Å². The standard InChI is InChI=1S/C18H14ClN5S/c1-12-21-15-8-4-5-9-16(15)24(12)11-17-22-23-18(25-17)20-10-13-6-2-3-7-14(13)19/h2-10H,11H2,1H3/b20-10+. The first-order valence-corrected chi connectivity index (χ1v) is 8.93. The maximum atomic E-state index is 6.13. The molecular weight excluding hydrogens is 354 g/mol. The van der Waals surface area contributed by atoms with Crippen molar-refractivity contribution in [1.29, 1.82) is 0 Å². The van der Waals surface area contributed by atoms with Gasteiger partial charge in [-0.05, 0) is 25.1 Å². The summed E-state index contributed by atoms with van der Waals surface area (Å²) in [5, 5.41) is 10.6. The molecular formula is C18H14ClN5S. The number of aryl methyl sites for hydroxylation is 1. The molecule has 0 aliphatic heterocycles. The van der Waals surface area contributed by atoms with E-state index in [-0.39, 0.29) is 0 Å². The van der Waals surface area contributed by atoms with E-state index in [0.29, 0.717) is 16.7 Å². The fourth-order valence-corrected chi connectivity index (χ4v) is 3.45. The molecule has 0 amide bonds. The van der Waals surface area contributed by atoms with Crippen LogP contribution < -0.4 is 0 Å². The van der Waals surface area contributed by atoms with E-state index in [1.165, 1.54) is 11.3 Å². The summed E-state index contributed by atoms with van der Waals surface area (Å²) in [6.45, 7) is 2.63. The Balaban J connectivity index is 1.57. The average Bonchev–Trinajstić information content (AvgIpc) is 3.19. The summed E-state index contributed by atoms with van der Waals surface area (Å²) in [6, 6.07) is 15.6. The second-order valence-electron chi connectivity index (χ2n) is 5.49. The van der Waals surface area contributed by atoms with Gasteiger partial charge in [-0.3, -0.25) is 0 Å². The molecule has 0 unspecified atom stereocenters. The zero-order valence-electron chi connectivity index (χ0n) is 13.4. The summed E-state index contributed by atoms with van der Waals surface area (Å²) >= 11 is 7.59. The molecule has 0 fully saturated rings. The van der Waals surface area contributed by atoms with Crippen molar-refractivity contribution in [2.45, 2.75) is 13.5 Å². The number of hydrogen-bond acceptors (Lipinski definition) is 5. The number of benzene rings is 2. The number of halogens is 1. The van der Waals surface area contributed by atoms with Gasteiger partial charge in [0.05, 0.1) is 17.6 Å². The summed E-state index contributed by atoms with van der Waals surface area (Å²) in [6.07, 6.45) is 1.71. The highest BCUT2D eigenvalue weighted by molar-refractivity contribution is 7.14. The smallest absolute Gasteiger partial charge is 0.231 e. The largest absolute Gasteiger partial charge is 0.321 e. The Morgan fingerprint density at radius 2 is 1.92 bits per heavy atom. The fourth-order valence-electron chi connectivity index (χ4n) is 2.60. The number of aromatic nitrogens is 4. The third-order valence-electron chi connectivity index (χ3n) is 3.81. The van der Waals surface area contributed by atoms with Crippen molar-refractivity contribution in [2.24, 2.45) is 4.99 Å². The van der Waals surface area contributed by atoms with E-state index < -0.39 is 0 Å². The van der Waals surface area contributed by atoms with E-state index in [9.17, 15) is 0 Å². The first-order chi connectivity index (χ1) is 12.2. The van der Waals surface area contributed by atoms with Gasteiger partial charge >= 0.3 is 0 Å². The minimum absolute atomic E-state index is 0.608. The maximum absolute atomic E-state index is 6.13. The molecule has 7 heteroatoms. The minimum atomic E-state index is 0.608. The Kier molecular flexibility index (Phi) is 4.29. The summed E-state index contributed by atoms with van der Waals surface area (Å²) in [5.41, 5.74) is 2.94. The van der Waals surface area contributed by atoms with Crippen molar-refractivity contribution >= 4 is 45.3 Å². The number of nitrogens with zero attached hydrogens (tertiary/aromatic N) is 5.